The Kier molecular flexibility index (Phi) is 3.98. The minimum Gasteiger partial charge on any atom is -0.463 e. The fraction of sp³-hybridized carbons (Fsp3) is 0.750. The fourth-order valence-corrected chi connectivity index (χ4v) is 1.38. The van der Waals surface area contributed by atoms with Crippen molar-refractivity contribution in [2.75, 3.05) is 13.7 Å². The van der Waals surface area contributed by atoms with E-state index in [0.717, 1.165) is 27.9 Å². The lowest BCUT2D eigenvalue weighted by Gasteiger charge is -2.22. The first-order valence-electron chi connectivity index (χ1n) is 7.57. The molecule has 0 spiro atoms. The number of rotatable bonds is 5. The molecule has 0 N–H and O–H groups in total. The summed E-state index contributed by atoms with van der Waals surface area (Å²) in [5.41, 5.74) is 0. The third kappa shape index (κ3) is 4.46. The van der Waals surface area contributed by atoms with Crippen LogP contribution in [0.15, 0.2) is 0 Å². The molecule has 0 aliphatic carbocycles. The summed E-state index contributed by atoms with van der Waals surface area (Å²) in [4.78, 5) is 33.8. The SMILES string of the molecule is [2H]C([2H])(OC(C)=O)[C@H]1O[C@@H](OC)[C@]([2H])(OC(C)=O)[C@]1([2H])OC(C)=O. The zero-order valence-electron chi connectivity index (χ0n) is 15.4. The summed E-state index contributed by atoms with van der Waals surface area (Å²) in [5.74, 6) is -3.14. The maximum Gasteiger partial charge on any atom is 0.303 e. The standard InChI is InChI=1S/C12H18O8/c1-6(13)17-5-9-10(18-7(2)14)11(19-8(3)15)12(16-4)20-9/h9-12H,5H2,1-4H3/t9-,10-,11-,12-/m1/s1/i5D2,10D,11D. The van der Waals surface area contributed by atoms with Crippen molar-refractivity contribution < 1.29 is 43.6 Å². The minimum atomic E-state index is -2.98. The van der Waals surface area contributed by atoms with Gasteiger partial charge in [-0.05, 0) is 0 Å². The summed E-state index contributed by atoms with van der Waals surface area (Å²) in [6, 6.07) is 0. The number of hydrogen-bond acceptors (Lipinski definition) is 8. The van der Waals surface area contributed by atoms with E-state index in [-0.39, 0.29) is 0 Å². The molecule has 4 atom stereocenters. The first-order chi connectivity index (χ1) is 10.8. The molecule has 20 heavy (non-hydrogen) atoms. The van der Waals surface area contributed by atoms with E-state index in [9.17, 15) is 14.4 Å². The summed E-state index contributed by atoms with van der Waals surface area (Å²) in [5, 5.41) is 0. The molecular formula is C12H18O8. The Morgan fingerprint density at radius 2 is 1.65 bits per heavy atom. The number of hydrogen-bond donors (Lipinski definition) is 0. The lowest BCUT2D eigenvalue weighted by atomic mass is 10.1. The first-order valence-corrected chi connectivity index (χ1v) is 5.57. The summed E-state index contributed by atoms with van der Waals surface area (Å²) < 4.78 is 56.0. The van der Waals surface area contributed by atoms with Gasteiger partial charge in [0.2, 0.25) is 0 Å². The lowest BCUT2D eigenvalue weighted by Crippen LogP contribution is -2.41. The monoisotopic (exact) mass is 294 g/mol. The molecule has 0 aromatic carbocycles. The van der Waals surface area contributed by atoms with Crippen LogP contribution in [0.5, 0.6) is 0 Å². The van der Waals surface area contributed by atoms with Crippen LogP contribution in [0, 0.1) is 0 Å². The smallest absolute Gasteiger partial charge is 0.303 e. The molecule has 0 unspecified atom stereocenters. The highest BCUT2D eigenvalue weighted by Gasteiger charge is 2.49. The maximum absolute atomic E-state index is 11.4. The molecule has 8 nitrogen and oxygen atoms in total. The van der Waals surface area contributed by atoms with Gasteiger partial charge in [-0.15, -0.1) is 0 Å². The molecule has 1 heterocycles. The van der Waals surface area contributed by atoms with Crippen molar-refractivity contribution in [3.63, 3.8) is 0 Å². The third-order valence-corrected chi connectivity index (χ3v) is 1.99. The Bertz CT molecular complexity index is 541. The summed E-state index contributed by atoms with van der Waals surface area (Å²) in [6.07, 6.45) is -9.59. The summed E-state index contributed by atoms with van der Waals surface area (Å²) in [7, 11) is 1.05. The highest BCUT2D eigenvalue weighted by Crippen LogP contribution is 2.27. The van der Waals surface area contributed by atoms with Crippen molar-refractivity contribution in [3.8, 4) is 0 Å². The number of carbonyl (C=O) groups is 3. The molecule has 0 amide bonds. The van der Waals surface area contributed by atoms with Gasteiger partial charge in [-0.2, -0.15) is 0 Å². The Morgan fingerprint density at radius 3 is 2.10 bits per heavy atom. The van der Waals surface area contributed by atoms with E-state index in [2.05, 4.69) is 4.74 Å². The lowest BCUT2D eigenvalue weighted by molar-refractivity contribution is -0.181. The van der Waals surface area contributed by atoms with Crippen LogP contribution in [0.1, 0.15) is 26.3 Å². The van der Waals surface area contributed by atoms with Crippen molar-refractivity contribution in [2.45, 2.75) is 45.3 Å². The number of methoxy groups -OCH3 is 1. The van der Waals surface area contributed by atoms with Crippen LogP contribution in [-0.4, -0.2) is 56.1 Å². The van der Waals surface area contributed by atoms with Crippen LogP contribution >= 0.6 is 0 Å². The molecule has 0 radical (unpaired) electrons. The minimum absolute atomic E-state index is 0.906. The van der Waals surface area contributed by atoms with Gasteiger partial charge in [-0.25, -0.2) is 0 Å². The maximum atomic E-state index is 11.4. The molecule has 1 rings (SSSR count). The third-order valence-electron chi connectivity index (χ3n) is 1.99. The van der Waals surface area contributed by atoms with Gasteiger partial charge in [-0.1, -0.05) is 0 Å². The van der Waals surface area contributed by atoms with Crippen LogP contribution in [-0.2, 0) is 38.1 Å². The van der Waals surface area contributed by atoms with Crippen molar-refractivity contribution >= 4 is 17.9 Å². The first kappa shape index (κ1) is 11.0. The molecule has 0 saturated carbocycles. The van der Waals surface area contributed by atoms with E-state index in [1.807, 2.05) is 0 Å². The van der Waals surface area contributed by atoms with Crippen LogP contribution < -0.4 is 0 Å². The second-order valence-corrected chi connectivity index (χ2v) is 3.71. The molecule has 1 aliphatic rings. The zero-order valence-corrected chi connectivity index (χ0v) is 11.4. The number of carbonyl (C=O) groups excluding carboxylic acids is 3. The Morgan fingerprint density at radius 1 is 1.10 bits per heavy atom. The van der Waals surface area contributed by atoms with Crippen molar-refractivity contribution in [2.24, 2.45) is 0 Å². The van der Waals surface area contributed by atoms with Gasteiger partial charge < -0.3 is 23.7 Å². The van der Waals surface area contributed by atoms with E-state index in [1.54, 1.807) is 0 Å². The van der Waals surface area contributed by atoms with Gasteiger partial charge in [0.15, 0.2) is 18.5 Å². The van der Waals surface area contributed by atoms with Gasteiger partial charge in [0.05, 0.1) is 5.48 Å². The van der Waals surface area contributed by atoms with Gasteiger partial charge in [0.25, 0.3) is 0 Å². The van der Waals surface area contributed by atoms with E-state index < -0.39 is 49.0 Å². The van der Waals surface area contributed by atoms with E-state index in [0.29, 0.717) is 0 Å². The van der Waals surface area contributed by atoms with Crippen LogP contribution in [0.25, 0.3) is 0 Å². The topological polar surface area (TPSA) is 97.4 Å². The largest absolute Gasteiger partial charge is 0.463 e. The molecular weight excluding hydrogens is 272 g/mol. The predicted octanol–water partition coefficient (Wildman–Crippen LogP) is -0.216. The van der Waals surface area contributed by atoms with Crippen molar-refractivity contribution in [1.29, 1.82) is 0 Å². The van der Waals surface area contributed by atoms with Crippen LogP contribution in [0.4, 0.5) is 0 Å². The normalized spacial score (nSPS) is 39.8. The quantitative estimate of drug-likeness (QED) is 0.507. The van der Waals surface area contributed by atoms with Crippen molar-refractivity contribution in [3.05, 3.63) is 0 Å². The van der Waals surface area contributed by atoms with E-state index >= 15 is 0 Å². The Hall–Kier alpha value is -1.67. The molecule has 0 aromatic heterocycles. The second-order valence-electron chi connectivity index (χ2n) is 3.71. The summed E-state index contributed by atoms with van der Waals surface area (Å²) >= 11 is 0. The van der Waals surface area contributed by atoms with Gasteiger partial charge >= 0.3 is 17.9 Å². The highest BCUT2D eigenvalue weighted by atomic mass is 16.7. The average Bonchev–Trinajstić information content (AvgIpc) is 2.55. The molecule has 1 fully saturated rings. The fourth-order valence-electron chi connectivity index (χ4n) is 1.38. The molecule has 1 aliphatic heterocycles. The van der Waals surface area contributed by atoms with Gasteiger partial charge in [0.1, 0.15) is 12.7 Å². The highest BCUT2D eigenvalue weighted by molar-refractivity contribution is 5.67. The zero-order chi connectivity index (χ0) is 18.9. The van der Waals surface area contributed by atoms with Crippen LogP contribution in [0.2, 0.25) is 0 Å². The molecule has 8 heteroatoms. The number of esters is 3. The molecule has 1 saturated heterocycles. The molecule has 0 aromatic rings. The van der Waals surface area contributed by atoms with Crippen LogP contribution in [0.3, 0.4) is 0 Å². The summed E-state index contributed by atoms with van der Waals surface area (Å²) in [6.45, 7) is -0.227. The second kappa shape index (κ2) is 7.20. The van der Waals surface area contributed by atoms with Gasteiger partial charge in [-0.3, -0.25) is 14.4 Å². The average molecular weight is 294 g/mol. The molecule has 0 bridgehead atoms. The van der Waals surface area contributed by atoms with Gasteiger partial charge in [0, 0.05) is 27.9 Å². The molecule has 114 valence electrons. The van der Waals surface area contributed by atoms with Crippen molar-refractivity contribution in [1.82, 2.24) is 0 Å². The Labute approximate surface area is 121 Å². The van der Waals surface area contributed by atoms with E-state index in [4.69, 9.17) is 24.4 Å². The number of ether oxygens (including phenoxy) is 5. The van der Waals surface area contributed by atoms with E-state index in [1.165, 1.54) is 0 Å². The Balaban J connectivity index is 3.45. The predicted molar refractivity (Wildman–Crippen MR) is 63.4 cm³/mol.